The van der Waals surface area contributed by atoms with Crippen molar-refractivity contribution in [3.63, 3.8) is 0 Å². The summed E-state index contributed by atoms with van der Waals surface area (Å²) < 4.78 is 4.45. The molecule has 0 heterocycles. The predicted octanol–water partition coefficient (Wildman–Crippen LogP) is -0.799. The number of methoxy groups -OCH3 is 1. The molecule has 0 spiro atoms. The van der Waals surface area contributed by atoms with E-state index in [2.05, 4.69) is 10.1 Å². The maximum atomic E-state index is 11.3. The molecule has 0 rings (SSSR count). The van der Waals surface area contributed by atoms with Crippen LogP contribution in [0.2, 0.25) is 0 Å². The van der Waals surface area contributed by atoms with Crippen molar-refractivity contribution in [2.75, 3.05) is 25.2 Å². The summed E-state index contributed by atoms with van der Waals surface area (Å²) in [5, 5.41) is 11.1. The molecule has 0 aromatic rings. The van der Waals surface area contributed by atoms with Crippen LogP contribution in [0.15, 0.2) is 0 Å². The van der Waals surface area contributed by atoms with Crippen LogP contribution >= 0.6 is 11.8 Å². The van der Waals surface area contributed by atoms with Crippen molar-refractivity contribution in [1.82, 2.24) is 5.32 Å². The molecule has 0 saturated carbocycles. The van der Waals surface area contributed by atoms with E-state index in [9.17, 15) is 14.4 Å². The topological polar surface area (TPSA) is 119 Å². The highest BCUT2D eigenvalue weighted by Crippen LogP contribution is 2.01. The highest BCUT2D eigenvalue weighted by atomic mass is 32.2. The van der Waals surface area contributed by atoms with Crippen molar-refractivity contribution in [3.8, 4) is 0 Å². The first kappa shape index (κ1) is 16.7. The fourth-order valence-corrected chi connectivity index (χ4v) is 1.77. The van der Waals surface area contributed by atoms with Crippen LogP contribution in [0.3, 0.4) is 0 Å². The maximum absolute atomic E-state index is 11.3. The maximum Gasteiger partial charge on any atom is 0.321 e. The van der Waals surface area contributed by atoms with Gasteiger partial charge in [-0.25, -0.2) is 0 Å². The van der Waals surface area contributed by atoms with Gasteiger partial charge in [-0.05, 0) is 6.42 Å². The summed E-state index contributed by atoms with van der Waals surface area (Å²) in [7, 11) is 1.31. The standard InChI is InChI=1S/C10H18N2O5S/c1-17-9(14)3-2-4-12-8(13)6-18-5-7(11)10(15)16/h7H,2-6,11H2,1H3,(H,12,13)(H,15,16). The summed E-state index contributed by atoms with van der Waals surface area (Å²) in [5.41, 5.74) is 5.27. The van der Waals surface area contributed by atoms with Crippen molar-refractivity contribution >= 4 is 29.6 Å². The number of esters is 1. The van der Waals surface area contributed by atoms with E-state index in [4.69, 9.17) is 10.8 Å². The van der Waals surface area contributed by atoms with Crippen LogP contribution in [0.1, 0.15) is 12.8 Å². The lowest BCUT2D eigenvalue weighted by Gasteiger charge is -2.06. The van der Waals surface area contributed by atoms with E-state index >= 15 is 0 Å². The molecule has 7 nitrogen and oxygen atoms in total. The monoisotopic (exact) mass is 278 g/mol. The van der Waals surface area contributed by atoms with Crippen LogP contribution in [0, 0.1) is 0 Å². The van der Waals surface area contributed by atoms with Gasteiger partial charge in [0.05, 0.1) is 12.9 Å². The highest BCUT2D eigenvalue weighted by Gasteiger charge is 2.12. The van der Waals surface area contributed by atoms with Crippen molar-refractivity contribution in [2.45, 2.75) is 18.9 Å². The molecule has 0 aliphatic carbocycles. The number of aliphatic carboxylic acids is 1. The van der Waals surface area contributed by atoms with E-state index in [0.29, 0.717) is 13.0 Å². The normalized spacial score (nSPS) is 11.7. The molecule has 8 heteroatoms. The Labute approximate surface area is 109 Å². The van der Waals surface area contributed by atoms with Crippen LogP contribution in [0.5, 0.6) is 0 Å². The van der Waals surface area contributed by atoms with Gasteiger partial charge in [-0.15, -0.1) is 11.8 Å². The third kappa shape index (κ3) is 8.82. The molecule has 1 amide bonds. The molecule has 0 saturated heterocycles. The summed E-state index contributed by atoms with van der Waals surface area (Å²) in [6.45, 7) is 0.388. The van der Waals surface area contributed by atoms with Gasteiger partial charge in [-0.3, -0.25) is 14.4 Å². The average molecular weight is 278 g/mol. The molecular formula is C10H18N2O5S. The Morgan fingerprint density at radius 2 is 2.11 bits per heavy atom. The lowest BCUT2D eigenvalue weighted by molar-refractivity contribution is -0.141. The lowest BCUT2D eigenvalue weighted by Crippen LogP contribution is -2.33. The third-order valence-electron chi connectivity index (χ3n) is 1.96. The molecule has 0 aliphatic rings. The van der Waals surface area contributed by atoms with E-state index in [1.54, 1.807) is 0 Å². The Bertz CT molecular complexity index is 298. The molecule has 0 aromatic carbocycles. The number of nitrogens with two attached hydrogens (primary N) is 1. The molecule has 4 N–H and O–H groups in total. The molecular weight excluding hydrogens is 260 g/mol. The minimum absolute atomic E-state index is 0.152. The fraction of sp³-hybridized carbons (Fsp3) is 0.700. The van der Waals surface area contributed by atoms with Crippen LogP contribution in [-0.4, -0.2) is 54.2 Å². The van der Waals surface area contributed by atoms with Crippen LogP contribution in [0.4, 0.5) is 0 Å². The van der Waals surface area contributed by atoms with Gasteiger partial charge in [0.15, 0.2) is 0 Å². The van der Waals surface area contributed by atoms with Crippen molar-refractivity contribution in [2.24, 2.45) is 5.73 Å². The first-order valence-electron chi connectivity index (χ1n) is 5.37. The minimum Gasteiger partial charge on any atom is -0.480 e. The Hall–Kier alpha value is -1.28. The number of rotatable bonds is 9. The van der Waals surface area contributed by atoms with Gasteiger partial charge in [-0.1, -0.05) is 0 Å². The molecule has 18 heavy (non-hydrogen) atoms. The van der Waals surface area contributed by atoms with Crippen LogP contribution in [-0.2, 0) is 19.1 Å². The molecule has 104 valence electrons. The number of ether oxygens (including phenoxy) is 1. The molecule has 0 radical (unpaired) electrons. The summed E-state index contributed by atoms with van der Waals surface area (Å²) in [6, 6.07) is -0.956. The highest BCUT2D eigenvalue weighted by molar-refractivity contribution is 8.00. The molecule has 1 atom stereocenters. The van der Waals surface area contributed by atoms with Crippen molar-refractivity contribution < 1.29 is 24.2 Å². The van der Waals surface area contributed by atoms with Gasteiger partial charge in [-0.2, -0.15) is 0 Å². The zero-order valence-electron chi connectivity index (χ0n) is 10.2. The van der Waals surface area contributed by atoms with Gasteiger partial charge in [0.1, 0.15) is 6.04 Å². The van der Waals surface area contributed by atoms with E-state index < -0.39 is 12.0 Å². The average Bonchev–Trinajstić information content (AvgIpc) is 2.33. The third-order valence-corrected chi connectivity index (χ3v) is 3.02. The van der Waals surface area contributed by atoms with E-state index in [1.807, 2.05) is 0 Å². The lowest BCUT2D eigenvalue weighted by atomic mass is 10.3. The van der Waals surface area contributed by atoms with Crippen molar-refractivity contribution in [1.29, 1.82) is 0 Å². The zero-order valence-corrected chi connectivity index (χ0v) is 11.0. The number of amides is 1. The first-order valence-corrected chi connectivity index (χ1v) is 6.52. The second kappa shape index (κ2) is 9.72. The smallest absolute Gasteiger partial charge is 0.321 e. The Morgan fingerprint density at radius 1 is 1.44 bits per heavy atom. The molecule has 0 aromatic heterocycles. The van der Waals surface area contributed by atoms with Crippen molar-refractivity contribution in [3.05, 3.63) is 0 Å². The number of hydrogen-bond donors (Lipinski definition) is 3. The van der Waals surface area contributed by atoms with E-state index in [1.165, 1.54) is 7.11 Å². The fourth-order valence-electron chi connectivity index (χ4n) is 0.964. The number of nitrogens with one attached hydrogen (secondary N) is 1. The van der Waals surface area contributed by atoms with Crippen LogP contribution in [0.25, 0.3) is 0 Å². The van der Waals surface area contributed by atoms with Crippen LogP contribution < -0.4 is 11.1 Å². The Balaban J connectivity index is 3.49. The summed E-state index contributed by atoms with van der Waals surface area (Å²) in [6.07, 6.45) is 0.769. The molecule has 0 bridgehead atoms. The number of carbonyl (C=O) groups excluding carboxylic acids is 2. The number of carboxylic acid groups (broad SMARTS) is 1. The molecule has 1 unspecified atom stereocenters. The second-order valence-electron chi connectivity index (χ2n) is 3.49. The summed E-state index contributed by atoms with van der Waals surface area (Å²) in [5.74, 6) is -1.26. The second-order valence-corrected chi connectivity index (χ2v) is 4.52. The van der Waals surface area contributed by atoms with E-state index in [-0.39, 0.29) is 29.8 Å². The SMILES string of the molecule is COC(=O)CCCNC(=O)CSCC(N)C(=O)O. The first-order chi connectivity index (χ1) is 8.47. The molecule has 0 fully saturated rings. The summed E-state index contributed by atoms with van der Waals surface area (Å²) in [4.78, 5) is 32.4. The number of carboxylic acids is 1. The van der Waals surface area contributed by atoms with Gasteiger partial charge < -0.3 is 20.9 Å². The summed E-state index contributed by atoms with van der Waals surface area (Å²) >= 11 is 1.16. The van der Waals surface area contributed by atoms with Gasteiger partial charge >= 0.3 is 11.9 Å². The largest absolute Gasteiger partial charge is 0.480 e. The molecule has 0 aliphatic heterocycles. The predicted molar refractivity (Wildman–Crippen MR) is 67.2 cm³/mol. The zero-order chi connectivity index (χ0) is 14.0. The number of thioether (sulfide) groups is 1. The quantitative estimate of drug-likeness (QED) is 0.373. The number of carbonyl (C=O) groups is 3. The van der Waals surface area contributed by atoms with E-state index in [0.717, 1.165) is 11.8 Å². The minimum atomic E-state index is -1.08. The van der Waals surface area contributed by atoms with Gasteiger partial charge in [0.2, 0.25) is 5.91 Å². The van der Waals surface area contributed by atoms with Gasteiger partial charge in [0.25, 0.3) is 0 Å². The van der Waals surface area contributed by atoms with Gasteiger partial charge in [0, 0.05) is 18.7 Å². The number of hydrogen-bond acceptors (Lipinski definition) is 6. The Morgan fingerprint density at radius 3 is 2.67 bits per heavy atom. The Kier molecular flexibility index (Phi) is 9.03.